The van der Waals surface area contributed by atoms with Crippen LogP contribution in [-0.2, 0) is 15.1 Å². The maximum absolute atomic E-state index is 15.1. The molecule has 2 fully saturated rings. The number of anilines is 1. The van der Waals surface area contributed by atoms with E-state index in [0.29, 0.717) is 39.2 Å². The molecule has 3 aliphatic rings. The molecule has 1 amide bonds. The number of hydrogen-bond donors (Lipinski definition) is 2. The SMILES string of the molecule is C.O=C1CC[C@@H]2N[C@@]3(C(=O)Nc4cc(Cl)ccc43)[C@@H](c3cccc(Br)c3F)[C@H]12. The third kappa shape index (κ3) is 2.44. The van der Waals surface area contributed by atoms with Crippen molar-refractivity contribution < 1.29 is 14.0 Å². The lowest BCUT2D eigenvalue weighted by Gasteiger charge is -2.32. The van der Waals surface area contributed by atoms with Gasteiger partial charge in [0.15, 0.2) is 0 Å². The van der Waals surface area contributed by atoms with E-state index in [-0.39, 0.29) is 25.2 Å². The Labute approximate surface area is 176 Å². The van der Waals surface area contributed by atoms with Crippen molar-refractivity contribution in [2.24, 2.45) is 5.92 Å². The zero-order valence-corrected chi connectivity index (χ0v) is 16.4. The summed E-state index contributed by atoms with van der Waals surface area (Å²) in [7, 11) is 0. The average Bonchev–Trinajstić information content (AvgIpc) is 3.24. The Bertz CT molecular complexity index is 1010. The summed E-state index contributed by atoms with van der Waals surface area (Å²) in [5.41, 5.74) is 0.501. The molecule has 28 heavy (non-hydrogen) atoms. The van der Waals surface area contributed by atoms with E-state index >= 15 is 4.39 Å². The van der Waals surface area contributed by atoms with Gasteiger partial charge in [-0.05, 0) is 46.1 Å². The molecule has 0 radical (unpaired) electrons. The normalized spacial score (nSPS) is 30.2. The number of amides is 1. The van der Waals surface area contributed by atoms with Gasteiger partial charge >= 0.3 is 0 Å². The van der Waals surface area contributed by atoms with E-state index in [1.54, 1.807) is 36.4 Å². The Morgan fingerprint density at radius 3 is 2.79 bits per heavy atom. The van der Waals surface area contributed by atoms with Crippen molar-refractivity contribution in [3.63, 3.8) is 0 Å². The number of Topliss-reactive ketones (excluding diaryl/α,β-unsaturated/α-hetero) is 1. The Hall–Kier alpha value is -1.76. The number of hydrogen-bond acceptors (Lipinski definition) is 3. The molecule has 2 aliphatic heterocycles. The topological polar surface area (TPSA) is 58.2 Å². The first-order valence-corrected chi connectivity index (χ1v) is 9.96. The van der Waals surface area contributed by atoms with Crippen LogP contribution in [0.4, 0.5) is 10.1 Å². The van der Waals surface area contributed by atoms with E-state index in [2.05, 4.69) is 26.6 Å². The van der Waals surface area contributed by atoms with Crippen molar-refractivity contribution >= 4 is 44.9 Å². The number of carbonyl (C=O) groups is 2. The summed E-state index contributed by atoms with van der Waals surface area (Å²) < 4.78 is 15.4. The standard InChI is InChI=1S/C20H15BrClFN2O2.CH4/c21-12-3-1-2-10(18(12)23)17-16-13(6-7-15(16)26)25-20(17)11-5-4-9(22)8-14(11)24-19(20)27;/h1-5,8,13,16-17,25H,6-7H2,(H,24,27);1H4/t13-,16-,17-,20+;/m0./s1. The molecular weight excluding hydrogens is 447 g/mol. The van der Waals surface area contributed by atoms with Gasteiger partial charge in [0, 0.05) is 40.6 Å². The van der Waals surface area contributed by atoms with Gasteiger partial charge in [0.2, 0.25) is 5.91 Å². The van der Waals surface area contributed by atoms with E-state index in [1.807, 2.05) is 0 Å². The number of rotatable bonds is 1. The summed E-state index contributed by atoms with van der Waals surface area (Å²) in [5.74, 6) is -1.70. The highest BCUT2D eigenvalue weighted by atomic mass is 79.9. The second-order valence-corrected chi connectivity index (χ2v) is 8.65. The molecule has 5 rings (SSSR count). The van der Waals surface area contributed by atoms with E-state index in [0.717, 1.165) is 0 Å². The van der Waals surface area contributed by atoms with Crippen molar-refractivity contribution in [3.8, 4) is 0 Å². The molecule has 1 spiro atoms. The summed E-state index contributed by atoms with van der Waals surface area (Å²) in [5, 5.41) is 6.80. The van der Waals surface area contributed by atoms with Gasteiger partial charge in [-0.1, -0.05) is 37.2 Å². The molecule has 2 heterocycles. The molecule has 1 saturated carbocycles. The van der Waals surface area contributed by atoms with E-state index in [4.69, 9.17) is 11.6 Å². The number of nitrogens with one attached hydrogen (secondary N) is 2. The highest BCUT2D eigenvalue weighted by Gasteiger charge is 2.65. The average molecular weight is 466 g/mol. The zero-order valence-electron chi connectivity index (χ0n) is 14.1. The molecule has 4 nitrogen and oxygen atoms in total. The van der Waals surface area contributed by atoms with Gasteiger partial charge in [-0.25, -0.2) is 4.39 Å². The van der Waals surface area contributed by atoms with Gasteiger partial charge in [-0.3, -0.25) is 14.9 Å². The molecule has 2 N–H and O–H groups in total. The van der Waals surface area contributed by atoms with E-state index < -0.39 is 23.2 Å². The molecule has 0 bridgehead atoms. The van der Waals surface area contributed by atoms with Gasteiger partial charge in [0.25, 0.3) is 0 Å². The van der Waals surface area contributed by atoms with E-state index in [1.165, 1.54) is 0 Å². The van der Waals surface area contributed by atoms with Crippen LogP contribution in [0.25, 0.3) is 0 Å². The largest absolute Gasteiger partial charge is 0.324 e. The predicted molar refractivity (Wildman–Crippen MR) is 110 cm³/mol. The molecule has 2 aromatic rings. The highest BCUT2D eigenvalue weighted by molar-refractivity contribution is 9.10. The Balaban J connectivity index is 0.00000192. The zero-order chi connectivity index (χ0) is 18.9. The Kier molecular flexibility index (Phi) is 4.64. The smallest absolute Gasteiger partial charge is 0.250 e. The number of ketones is 1. The number of carbonyl (C=O) groups excluding carboxylic acids is 2. The molecule has 1 aliphatic carbocycles. The predicted octanol–water partition coefficient (Wildman–Crippen LogP) is 4.76. The minimum Gasteiger partial charge on any atom is -0.324 e. The van der Waals surface area contributed by atoms with Gasteiger partial charge in [0.05, 0.1) is 4.47 Å². The lowest BCUT2D eigenvalue weighted by Crippen LogP contribution is -2.49. The first-order chi connectivity index (χ1) is 12.9. The Morgan fingerprint density at radius 2 is 2.00 bits per heavy atom. The number of benzene rings is 2. The molecule has 146 valence electrons. The minimum atomic E-state index is -1.19. The van der Waals surface area contributed by atoms with E-state index in [9.17, 15) is 9.59 Å². The third-order valence-corrected chi connectivity index (χ3v) is 6.92. The van der Waals surface area contributed by atoms with Crippen LogP contribution in [0.3, 0.4) is 0 Å². The maximum Gasteiger partial charge on any atom is 0.250 e. The number of fused-ring (bicyclic) bond motifs is 3. The molecule has 4 atom stereocenters. The molecule has 0 aromatic heterocycles. The quantitative estimate of drug-likeness (QED) is 0.638. The fourth-order valence-electron chi connectivity index (χ4n) is 5.05. The molecule has 2 aromatic carbocycles. The second-order valence-electron chi connectivity index (χ2n) is 7.35. The van der Waals surface area contributed by atoms with Gasteiger partial charge < -0.3 is 5.32 Å². The minimum absolute atomic E-state index is 0. The molecular formula is C21H19BrClFN2O2. The maximum atomic E-state index is 15.1. The van der Waals surface area contributed by atoms with Crippen LogP contribution in [-0.4, -0.2) is 17.7 Å². The van der Waals surface area contributed by atoms with Crippen molar-refractivity contribution in [1.82, 2.24) is 5.32 Å². The Morgan fingerprint density at radius 1 is 1.21 bits per heavy atom. The summed E-state index contributed by atoms with van der Waals surface area (Å²) in [6.07, 6.45) is 1.09. The van der Waals surface area contributed by atoms with Crippen molar-refractivity contribution in [3.05, 3.63) is 62.8 Å². The molecule has 0 unspecified atom stereocenters. The van der Waals surface area contributed by atoms with Crippen LogP contribution in [0.1, 0.15) is 37.3 Å². The second kappa shape index (κ2) is 6.65. The van der Waals surface area contributed by atoms with Crippen LogP contribution >= 0.6 is 27.5 Å². The van der Waals surface area contributed by atoms with Crippen molar-refractivity contribution in [2.45, 2.75) is 37.8 Å². The van der Waals surface area contributed by atoms with Crippen molar-refractivity contribution in [1.29, 1.82) is 0 Å². The van der Waals surface area contributed by atoms with Crippen molar-refractivity contribution in [2.75, 3.05) is 5.32 Å². The van der Waals surface area contributed by atoms with Crippen LogP contribution in [0.2, 0.25) is 5.02 Å². The fourth-order valence-corrected chi connectivity index (χ4v) is 5.60. The third-order valence-electron chi connectivity index (χ3n) is 6.08. The molecule has 7 heteroatoms. The van der Waals surface area contributed by atoms with Gasteiger partial charge in [-0.15, -0.1) is 0 Å². The first-order valence-electron chi connectivity index (χ1n) is 8.79. The molecule has 1 saturated heterocycles. The number of halogens is 3. The summed E-state index contributed by atoms with van der Waals surface area (Å²) in [6, 6.07) is 10.1. The highest BCUT2D eigenvalue weighted by Crippen LogP contribution is 2.57. The monoisotopic (exact) mass is 464 g/mol. The van der Waals surface area contributed by atoms with Crippen LogP contribution < -0.4 is 10.6 Å². The fraction of sp³-hybridized carbons (Fsp3) is 0.333. The summed E-state index contributed by atoms with van der Waals surface area (Å²) in [6.45, 7) is 0. The van der Waals surface area contributed by atoms with Crippen LogP contribution in [0.15, 0.2) is 40.9 Å². The van der Waals surface area contributed by atoms with Crippen LogP contribution in [0.5, 0.6) is 0 Å². The van der Waals surface area contributed by atoms with Crippen LogP contribution in [0, 0.1) is 11.7 Å². The first kappa shape index (κ1) is 19.6. The van der Waals surface area contributed by atoms with Gasteiger partial charge in [0.1, 0.15) is 17.1 Å². The van der Waals surface area contributed by atoms with Gasteiger partial charge in [-0.2, -0.15) is 0 Å². The lowest BCUT2D eigenvalue weighted by molar-refractivity contribution is -0.123. The summed E-state index contributed by atoms with van der Waals surface area (Å²) in [4.78, 5) is 25.9. The lowest BCUT2D eigenvalue weighted by atomic mass is 9.71. The summed E-state index contributed by atoms with van der Waals surface area (Å²) >= 11 is 9.33.